The number of amides is 1. The number of hydrogen-bond acceptors (Lipinski definition) is 4. The third-order valence-electron chi connectivity index (χ3n) is 5.33. The molecule has 146 valence electrons. The van der Waals surface area contributed by atoms with Crippen LogP contribution in [0.25, 0.3) is 0 Å². The summed E-state index contributed by atoms with van der Waals surface area (Å²) >= 11 is 0. The van der Waals surface area contributed by atoms with Gasteiger partial charge in [0.25, 0.3) is 5.91 Å². The molecule has 0 heterocycles. The van der Waals surface area contributed by atoms with Crippen LogP contribution < -0.4 is 15.8 Å². The predicted octanol–water partition coefficient (Wildman–Crippen LogP) is 3.59. The SMILES string of the molecule is COc1ccc(C(C)(C)C)cc1NC(=O)C(O)C(N)CC1CCCCC1. The summed E-state index contributed by atoms with van der Waals surface area (Å²) in [6, 6.07) is 5.18. The monoisotopic (exact) mass is 362 g/mol. The van der Waals surface area contributed by atoms with Gasteiger partial charge in [-0.05, 0) is 35.4 Å². The fourth-order valence-electron chi connectivity index (χ4n) is 3.61. The van der Waals surface area contributed by atoms with Crippen molar-refractivity contribution in [3.05, 3.63) is 23.8 Å². The van der Waals surface area contributed by atoms with Gasteiger partial charge in [0, 0.05) is 6.04 Å². The van der Waals surface area contributed by atoms with Gasteiger partial charge < -0.3 is 20.9 Å². The molecule has 2 unspecified atom stereocenters. The number of nitrogens with one attached hydrogen (secondary N) is 1. The van der Waals surface area contributed by atoms with Crippen molar-refractivity contribution in [3.8, 4) is 5.75 Å². The zero-order chi connectivity index (χ0) is 19.3. The van der Waals surface area contributed by atoms with Crippen molar-refractivity contribution >= 4 is 11.6 Å². The molecule has 1 aliphatic carbocycles. The van der Waals surface area contributed by atoms with Gasteiger partial charge in [-0.2, -0.15) is 0 Å². The average molecular weight is 363 g/mol. The van der Waals surface area contributed by atoms with Crippen molar-refractivity contribution in [2.45, 2.75) is 76.9 Å². The van der Waals surface area contributed by atoms with Gasteiger partial charge in [0.15, 0.2) is 0 Å². The molecule has 1 amide bonds. The number of rotatable bonds is 6. The highest BCUT2D eigenvalue weighted by Crippen LogP contribution is 2.32. The second kappa shape index (κ2) is 8.87. The summed E-state index contributed by atoms with van der Waals surface area (Å²) in [5, 5.41) is 13.2. The molecule has 5 heteroatoms. The van der Waals surface area contributed by atoms with Gasteiger partial charge in [0.2, 0.25) is 0 Å². The lowest BCUT2D eigenvalue weighted by atomic mass is 9.84. The molecule has 1 aliphatic rings. The zero-order valence-electron chi connectivity index (χ0n) is 16.5. The molecule has 0 spiro atoms. The largest absolute Gasteiger partial charge is 0.495 e. The standard InChI is InChI=1S/C21H34N2O3/c1-21(2,3)15-10-11-18(26-4)17(13-15)23-20(25)19(24)16(22)12-14-8-6-5-7-9-14/h10-11,13-14,16,19,24H,5-9,12,22H2,1-4H3,(H,23,25). The summed E-state index contributed by atoms with van der Waals surface area (Å²) in [4.78, 5) is 12.5. The number of aliphatic hydroxyl groups is 1. The van der Waals surface area contributed by atoms with Crippen molar-refractivity contribution in [2.75, 3.05) is 12.4 Å². The number of methoxy groups -OCH3 is 1. The summed E-state index contributed by atoms with van der Waals surface area (Å²) in [6.45, 7) is 6.32. The van der Waals surface area contributed by atoms with Gasteiger partial charge in [0.1, 0.15) is 11.9 Å². The number of anilines is 1. The Balaban J connectivity index is 2.05. The van der Waals surface area contributed by atoms with Crippen LogP contribution >= 0.6 is 0 Å². The molecule has 1 fully saturated rings. The quantitative estimate of drug-likeness (QED) is 0.722. The Morgan fingerprint density at radius 1 is 1.31 bits per heavy atom. The van der Waals surface area contributed by atoms with Crippen molar-refractivity contribution < 1.29 is 14.6 Å². The maximum Gasteiger partial charge on any atom is 0.254 e. The second-order valence-electron chi connectivity index (χ2n) is 8.50. The minimum absolute atomic E-state index is 0.0538. The molecule has 26 heavy (non-hydrogen) atoms. The third-order valence-corrected chi connectivity index (χ3v) is 5.33. The summed E-state index contributed by atoms with van der Waals surface area (Å²) in [5.41, 5.74) is 7.72. The van der Waals surface area contributed by atoms with Crippen LogP contribution in [0.1, 0.15) is 64.9 Å². The minimum Gasteiger partial charge on any atom is -0.495 e. The van der Waals surface area contributed by atoms with E-state index in [0.717, 1.165) is 18.4 Å². The van der Waals surface area contributed by atoms with Gasteiger partial charge in [-0.3, -0.25) is 4.79 Å². The summed E-state index contributed by atoms with van der Waals surface area (Å²) < 4.78 is 5.35. The highest BCUT2D eigenvalue weighted by Gasteiger charge is 2.27. The Kier molecular flexibility index (Phi) is 7.07. The van der Waals surface area contributed by atoms with Crippen molar-refractivity contribution in [1.29, 1.82) is 0 Å². The molecule has 2 rings (SSSR count). The van der Waals surface area contributed by atoms with Gasteiger partial charge >= 0.3 is 0 Å². The Hall–Kier alpha value is -1.59. The van der Waals surface area contributed by atoms with E-state index in [2.05, 4.69) is 26.1 Å². The number of ether oxygens (including phenoxy) is 1. The molecule has 0 radical (unpaired) electrons. The van der Waals surface area contributed by atoms with Gasteiger partial charge in [-0.15, -0.1) is 0 Å². The van der Waals surface area contributed by atoms with Crippen LogP contribution in [0.15, 0.2) is 18.2 Å². The van der Waals surface area contributed by atoms with E-state index >= 15 is 0 Å². The summed E-state index contributed by atoms with van der Waals surface area (Å²) in [5.74, 6) is 0.608. The number of hydrogen-bond donors (Lipinski definition) is 3. The van der Waals surface area contributed by atoms with E-state index in [1.54, 1.807) is 7.11 Å². The highest BCUT2D eigenvalue weighted by molar-refractivity contribution is 5.95. The Morgan fingerprint density at radius 3 is 2.54 bits per heavy atom. The van der Waals surface area contributed by atoms with Crippen LogP contribution in [-0.4, -0.2) is 30.3 Å². The Bertz CT molecular complexity index is 604. The van der Waals surface area contributed by atoms with E-state index < -0.39 is 18.1 Å². The molecule has 1 aromatic rings. The first kappa shape index (κ1) is 20.7. The van der Waals surface area contributed by atoms with Crippen molar-refractivity contribution in [3.63, 3.8) is 0 Å². The normalized spacial score (nSPS) is 18.2. The minimum atomic E-state index is -1.22. The first-order valence-corrected chi connectivity index (χ1v) is 9.65. The maximum atomic E-state index is 12.5. The Labute approximate surface area is 157 Å². The highest BCUT2D eigenvalue weighted by atomic mass is 16.5. The number of carbonyl (C=O) groups excluding carboxylic acids is 1. The second-order valence-corrected chi connectivity index (χ2v) is 8.50. The average Bonchev–Trinajstić information content (AvgIpc) is 2.61. The van der Waals surface area contributed by atoms with Crippen LogP contribution in [0.2, 0.25) is 0 Å². The number of carbonyl (C=O) groups is 1. The number of benzene rings is 1. The van der Waals surface area contributed by atoms with E-state index in [1.807, 2.05) is 18.2 Å². The summed E-state index contributed by atoms with van der Waals surface area (Å²) in [6.07, 6.45) is 5.46. The lowest BCUT2D eigenvalue weighted by Gasteiger charge is -2.27. The molecular formula is C21H34N2O3. The fourth-order valence-corrected chi connectivity index (χ4v) is 3.61. The van der Waals surface area contributed by atoms with Gasteiger partial charge in [-0.25, -0.2) is 0 Å². The first-order valence-electron chi connectivity index (χ1n) is 9.65. The van der Waals surface area contributed by atoms with Crippen molar-refractivity contribution in [1.82, 2.24) is 0 Å². The van der Waals surface area contributed by atoms with Crippen LogP contribution in [-0.2, 0) is 10.2 Å². The predicted molar refractivity (Wildman–Crippen MR) is 105 cm³/mol. The molecule has 1 saturated carbocycles. The van der Waals surface area contributed by atoms with Crippen LogP contribution in [0.5, 0.6) is 5.75 Å². The summed E-state index contributed by atoms with van der Waals surface area (Å²) in [7, 11) is 1.56. The first-order chi connectivity index (χ1) is 12.2. The number of nitrogens with two attached hydrogens (primary N) is 1. The van der Waals surface area contributed by atoms with E-state index in [1.165, 1.54) is 19.3 Å². The molecule has 0 bridgehead atoms. The molecule has 1 aromatic carbocycles. The topological polar surface area (TPSA) is 84.6 Å². The van der Waals surface area contributed by atoms with E-state index in [4.69, 9.17) is 10.5 Å². The van der Waals surface area contributed by atoms with Crippen LogP contribution in [0.4, 0.5) is 5.69 Å². The molecule has 2 atom stereocenters. The van der Waals surface area contributed by atoms with Crippen LogP contribution in [0.3, 0.4) is 0 Å². The maximum absolute atomic E-state index is 12.5. The van der Waals surface area contributed by atoms with Crippen molar-refractivity contribution in [2.24, 2.45) is 11.7 Å². The van der Waals surface area contributed by atoms with E-state index in [-0.39, 0.29) is 5.41 Å². The van der Waals surface area contributed by atoms with E-state index in [9.17, 15) is 9.90 Å². The van der Waals surface area contributed by atoms with E-state index in [0.29, 0.717) is 23.8 Å². The Morgan fingerprint density at radius 2 is 1.96 bits per heavy atom. The smallest absolute Gasteiger partial charge is 0.254 e. The van der Waals surface area contributed by atoms with Crippen LogP contribution in [0, 0.1) is 5.92 Å². The molecule has 0 aliphatic heterocycles. The molecule has 0 aromatic heterocycles. The lowest BCUT2D eigenvalue weighted by Crippen LogP contribution is -2.44. The molecular weight excluding hydrogens is 328 g/mol. The molecule has 0 saturated heterocycles. The zero-order valence-corrected chi connectivity index (χ0v) is 16.5. The number of aliphatic hydroxyl groups excluding tert-OH is 1. The van der Waals surface area contributed by atoms with Gasteiger partial charge in [0.05, 0.1) is 12.8 Å². The third kappa shape index (κ3) is 5.45. The molecule has 4 N–H and O–H groups in total. The van der Waals surface area contributed by atoms with Gasteiger partial charge in [-0.1, -0.05) is 58.9 Å². The molecule has 5 nitrogen and oxygen atoms in total. The lowest BCUT2D eigenvalue weighted by molar-refractivity contribution is -0.125. The fraction of sp³-hybridized carbons (Fsp3) is 0.667.